The van der Waals surface area contributed by atoms with Gasteiger partial charge in [-0.2, -0.15) is 0 Å². The maximum absolute atomic E-state index is 11.7. The zero-order valence-corrected chi connectivity index (χ0v) is 11.2. The Morgan fingerprint density at radius 1 is 1.24 bits per heavy atom. The summed E-state index contributed by atoms with van der Waals surface area (Å²) in [4.78, 5) is 22.8. The summed E-state index contributed by atoms with van der Waals surface area (Å²) in [5.41, 5.74) is 4.18. The van der Waals surface area contributed by atoms with Crippen LogP contribution in [0.3, 0.4) is 0 Å². The molecule has 4 N–H and O–H groups in total. The minimum Gasteiger partial charge on any atom is -0.480 e. The molecule has 0 saturated heterocycles. The third-order valence-electron chi connectivity index (χ3n) is 2.63. The summed E-state index contributed by atoms with van der Waals surface area (Å²) in [5.74, 6) is -1.26. The molecule has 0 heterocycles. The van der Waals surface area contributed by atoms with Crippen molar-refractivity contribution in [1.29, 1.82) is 0 Å². The Labute approximate surface area is 103 Å². The monoisotopic (exact) mass is 244 g/mol. The third kappa shape index (κ3) is 6.26. The van der Waals surface area contributed by atoms with Gasteiger partial charge in [-0.1, -0.05) is 13.3 Å². The average molecular weight is 244 g/mol. The highest BCUT2D eigenvalue weighted by molar-refractivity contribution is 5.86. The predicted octanol–water partition coefficient (Wildman–Crippen LogP) is 1.26. The fourth-order valence-corrected chi connectivity index (χ4v) is 1.53. The molecule has 0 radical (unpaired) electrons. The van der Waals surface area contributed by atoms with E-state index in [9.17, 15) is 9.59 Å². The summed E-state index contributed by atoms with van der Waals surface area (Å²) in [5, 5.41) is 11.7. The van der Waals surface area contributed by atoms with Crippen LogP contribution in [0.4, 0.5) is 0 Å². The molecule has 1 unspecified atom stereocenters. The van der Waals surface area contributed by atoms with Crippen LogP contribution in [0.2, 0.25) is 0 Å². The lowest BCUT2D eigenvalue weighted by atomic mass is 9.95. The van der Waals surface area contributed by atoms with Crippen molar-refractivity contribution in [2.75, 3.05) is 0 Å². The number of carbonyl (C=O) groups excluding carboxylic acids is 1. The zero-order valence-electron chi connectivity index (χ0n) is 11.2. The number of hydrogen-bond acceptors (Lipinski definition) is 3. The molecule has 0 saturated carbocycles. The summed E-state index contributed by atoms with van der Waals surface area (Å²) in [6, 6.07) is 0. The molecule has 1 amide bonds. The molecular weight excluding hydrogens is 220 g/mol. The molecule has 1 atom stereocenters. The molecule has 5 nitrogen and oxygen atoms in total. The lowest BCUT2D eigenvalue weighted by Gasteiger charge is -2.26. The van der Waals surface area contributed by atoms with Gasteiger partial charge >= 0.3 is 5.97 Å². The van der Waals surface area contributed by atoms with Crippen molar-refractivity contribution in [2.24, 2.45) is 5.73 Å². The Hall–Kier alpha value is -1.10. The molecule has 0 bridgehead atoms. The van der Waals surface area contributed by atoms with Crippen molar-refractivity contribution in [3.63, 3.8) is 0 Å². The number of carboxylic acids is 1. The summed E-state index contributed by atoms with van der Waals surface area (Å²) < 4.78 is 0. The maximum Gasteiger partial charge on any atom is 0.329 e. The number of rotatable bonds is 7. The first-order chi connectivity index (χ1) is 7.60. The van der Waals surface area contributed by atoms with E-state index in [4.69, 9.17) is 10.8 Å². The first-order valence-electron chi connectivity index (χ1n) is 5.94. The van der Waals surface area contributed by atoms with Crippen LogP contribution in [0.15, 0.2) is 0 Å². The Morgan fingerprint density at radius 3 is 2.12 bits per heavy atom. The number of amides is 1. The highest BCUT2D eigenvalue weighted by Crippen LogP contribution is 2.14. The van der Waals surface area contributed by atoms with E-state index in [2.05, 4.69) is 5.32 Å². The van der Waals surface area contributed by atoms with Gasteiger partial charge in [0.1, 0.15) is 5.54 Å². The highest BCUT2D eigenvalue weighted by atomic mass is 16.4. The van der Waals surface area contributed by atoms with Gasteiger partial charge in [-0.05, 0) is 33.6 Å². The van der Waals surface area contributed by atoms with E-state index < -0.39 is 17.0 Å². The molecule has 0 aromatic heterocycles. The fourth-order valence-electron chi connectivity index (χ4n) is 1.53. The Balaban J connectivity index is 4.38. The number of nitrogens with one attached hydrogen (secondary N) is 1. The Kier molecular flexibility index (Phi) is 5.61. The largest absolute Gasteiger partial charge is 0.480 e. The third-order valence-corrected chi connectivity index (χ3v) is 2.63. The van der Waals surface area contributed by atoms with Crippen LogP contribution in [-0.4, -0.2) is 28.1 Å². The van der Waals surface area contributed by atoms with E-state index in [1.807, 2.05) is 20.8 Å². The number of nitrogens with two attached hydrogens (primary N) is 1. The van der Waals surface area contributed by atoms with E-state index in [0.717, 1.165) is 0 Å². The summed E-state index contributed by atoms with van der Waals surface area (Å²) in [6.07, 6.45) is 1.89. The van der Waals surface area contributed by atoms with E-state index in [0.29, 0.717) is 19.3 Å². The van der Waals surface area contributed by atoms with Gasteiger partial charge in [0.15, 0.2) is 0 Å². The molecule has 5 heteroatoms. The van der Waals surface area contributed by atoms with Crippen LogP contribution in [0.1, 0.15) is 53.4 Å². The van der Waals surface area contributed by atoms with Crippen molar-refractivity contribution in [1.82, 2.24) is 5.32 Å². The SMILES string of the molecule is CCCC(C)(NC(=O)CCC(C)(C)N)C(=O)O. The van der Waals surface area contributed by atoms with E-state index in [1.54, 1.807) is 0 Å². The molecule has 0 aliphatic rings. The fraction of sp³-hybridized carbons (Fsp3) is 0.833. The van der Waals surface area contributed by atoms with Crippen LogP contribution in [0.5, 0.6) is 0 Å². The van der Waals surface area contributed by atoms with Gasteiger partial charge in [0.05, 0.1) is 0 Å². The first kappa shape index (κ1) is 15.9. The second kappa shape index (κ2) is 6.00. The topological polar surface area (TPSA) is 92.4 Å². The smallest absolute Gasteiger partial charge is 0.329 e. The second-order valence-electron chi connectivity index (χ2n) is 5.42. The molecule has 0 aliphatic heterocycles. The number of aliphatic carboxylic acids is 1. The summed E-state index contributed by atoms with van der Waals surface area (Å²) >= 11 is 0. The zero-order chi connectivity index (χ0) is 13.7. The maximum atomic E-state index is 11.7. The molecule has 17 heavy (non-hydrogen) atoms. The lowest BCUT2D eigenvalue weighted by molar-refractivity contribution is -0.147. The number of carbonyl (C=O) groups is 2. The lowest BCUT2D eigenvalue weighted by Crippen LogP contribution is -2.52. The molecule has 0 aliphatic carbocycles. The van der Waals surface area contributed by atoms with Gasteiger partial charge in [-0.25, -0.2) is 4.79 Å². The van der Waals surface area contributed by atoms with Gasteiger partial charge in [-0.15, -0.1) is 0 Å². The molecule has 0 aromatic carbocycles. The van der Waals surface area contributed by atoms with E-state index in [1.165, 1.54) is 6.92 Å². The van der Waals surface area contributed by atoms with Gasteiger partial charge in [0.2, 0.25) is 5.91 Å². The van der Waals surface area contributed by atoms with E-state index >= 15 is 0 Å². The Morgan fingerprint density at radius 2 is 1.76 bits per heavy atom. The van der Waals surface area contributed by atoms with Gasteiger partial charge in [0, 0.05) is 12.0 Å². The van der Waals surface area contributed by atoms with Crippen molar-refractivity contribution >= 4 is 11.9 Å². The summed E-state index contributed by atoms with van der Waals surface area (Å²) in [6.45, 7) is 7.09. The number of carboxylic acid groups (broad SMARTS) is 1. The van der Waals surface area contributed by atoms with E-state index in [-0.39, 0.29) is 12.3 Å². The number of hydrogen-bond donors (Lipinski definition) is 3. The Bertz CT molecular complexity index is 284. The average Bonchev–Trinajstić information content (AvgIpc) is 2.13. The molecular formula is C12H24N2O3. The van der Waals surface area contributed by atoms with Crippen molar-refractivity contribution in [3.8, 4) is 0 Å². The normalized spacial score (nSPS) is 15.1. The minimum absolute atomic E-state index is 0.246. The van der Waals surface area contributed by atoms with Gasteiger partial charge < -0.3 is 16.2 Å². The van der Waals surface area contributed by atoms with Crippen molar-refractivity contribution in [2.45, 2.75) is 64.5 Å². The van der Waals surface area contributed by atoms with Crippen LogP contribution in [0.25, 0.3) is 0 Å². The van der Waals surface area contributed by atoms with Gasteiger partial charge in [-0.3, -0.25) is 4.79 Å². The molecule has 0 rings (SSSR count). The minimum atomic E-state index is -1.18. The first-order valence-corrected chi connectivity index (χ1v) is 5.94. The molecule has 0 fully saturated rings. The second-order valence-corrected chi connectivity index (χ2v) is 5.42. The highest BCUT2D eigenvalue weighted by Gasteiger charge is 2.33. The van der Waals surface area contributed by atoms with Crippen molar-refractivity contribution < 1.29 is 14.7 Å². The molecule has 100 valence electrons. The predicted molar refractivity (Wildman–Crippen MR) is 66.6 cm³/mol. The van der Waals surface area contributed by atoms with Crippen LogP contribution in [0, 0.1) is 0 Å². The molecule has 0 aromatic rings. The van der Waals surface area contributed by atoms with Crippen LogP contribution >= 0.6 is 0 Å². The van der Waals surface area contributed by atoms with Gasteiger partial charge in [0.25, 0.3) is 0 Å². The van der Waals surface area contributed by atoms with Crippen LogP contribution < -0.4 is 11.1 Å². The quantitative estimate of drug-likeness (QED) is 0.628. The standard InChI is InChI=1S/C12H24N2O3/c1-5-7-12(4,10(16)17)14-9(15)6-8-11(2,3)13/h5-8,13H2,1-4H3,(H,14,15)(H,16,17). The van der Waals surface area contributed by atoms with Crippen molar-refractivity contribution in [3.05, 3.63) is 0 Å². The summed E-state index contributed by atoms with van der Waals surface area (Å²) in [7, 11) is 0. The molecule has 0 spiro atoms. The van der Waals surface area contributed by atoms with Crippen LogP contribution in [-0.2, 0) is 9.59 Å².